The average molecular weight is 291 g/mol. The lowest BCUT2D eigenvalue weighted by Gasteiger charge is -2.04. The highest BCUT2D eigenvalue weighted by Gasteiger charge is 2.12. The van der Waals surface area contributed by atoms with E-state index < -0.39 is 5.91 Å². The minimum atomic E-state index is -0.467. The topological polar surface area (TPSA) is 76.1 Å². The zero-order valence-electron chi connectivity index (χ0n) is 10.5. The number of halogens is 1. The Hall–Kier alpha value is -2.40. The van der Waals surface area contributed by atoms with Crippen molar-refractivity contribution < 1.29 is 14.2 Å². The molecule has 0 bridgehead atoms. The number of nitrogens with one attached hydrogen (secondary N) is 1. The summed E-state index contributed by atoms with van der Waals surface area (Å²) in [5.41, 5.74) is 6.19. The summed E-state index contributed by atoms with van der Waals surface area (Å²) in [4.78, 5) is 22.9. The molecule has 1 heterocycles. The molecule has 3 N–H and O–H groups in total. The van der Waals surface area contributed by atoms with E-state index in [4.69, 9.17) is 17.3 Å². The highest BCUT2D eigenvalue weighted by molar-refractivity contribution is 6.30. The molecule has 0 atom stereocenters. The third-order valence-electron chi connectivity index (χ3n) is 2.56. The Morgan fingerprint density at radius 2 is 1.90 bits per heavy atom. The molecular weight excluding hydrogens is 278 g/mol. The Kier molecular flexibility index (Phi) is 4.32. The number of benzene rings is 1. The summed E-state index contributed by atoms with van der Waals surface area (Å²) in [5.74, 6) is -0.739. The number of anilines is 1. The minimum absolute atomic E-state index is 0.0298. The van der Waals surface area contributed by atoms with Gasteiger partial charge in [0.15, 0.2) is 12.4 Å². The Morgan fingerprint density at radius 3 is 2.55 bits per heavy atom. The van der Waals surface area contributed by atoms with Gasteiger partial charge in [0.2, 0.25) is 6.54 Å². The molecule has 20 heavy (non-hydrogen) atoms. The highest BCUT2D eigenvalue weighted by atomic mass is 35.5. The molecule has 0 saturated carbocycles. The summed E-state index contributed by atoms with van der Waals surface area (Å²) in [5, 5.41) is 3.34. The van der Waals surface area contributed by atoms with E-state index in [2.05, 4.69) is 5.32 Å². The molecule has 5 nitrogen and oxygen atoms in total. The van der Waals surface area contributed by atoms with Crippen LogP contribution in [0.25, 0.3) is 0 Å². The molecule has 0 aliphatic heterocycles. The third-order valence-corrected chi connectivity index (χ3v) is 2.81. The first-order valence-corrected chi connectivity index (χ1v) is 6.27. The second-order valence-corrected chi connectivity index (χ2v) is 4.63. The first-order chi connectivity index (χ1) is 9.54. The van der Waals surface area contributed by atoms with Crippen LogP contribution in [0.1, 0.15) is 10.4 Å². The van der Waals surface area contributed by atoms with Crippen molar-refractivity contribution in [2.45, 2.75) is 6.54 Å². The molecule has 1 aromatic heterocycles. The predicted molar refractivity (Wildman–Crippen MR) is 75.2 cm³/mol. The largest absolute Gasteiger partial charge is 0.364 e. The molecule has 102 valence electrons. The quantitative estimate of drug-likeness (QED) is 0.834. The van der Waals surface area contributed by atoms with Crippen molar-refractivity contribution in [2.75, 3.05) is 5.32 Å². The molecule has 2 aromatic rings. The van der Waals surface area contributed by atoms with E-state index in [0.717, 1.165) is 0 Å². The Labute approximate surface area is 121 Å². The smallest absolute Gasteiger partial charge is 0.283 e. The van der Waals surface area contributed by atoms with E-state index >= 15 is 0 Å². The van der Waals surface area contributed by atoms with Crippen LogP contribution in [0, 0.1) is 0 Å². The summed E-state index contributed by atoms with van der Waals surface area (Å²) in [6, 6.07) is 10.1. The number of hydrogen-bond acceptors (Lipinski definition) is 2. The van der Waals surface area contributed by atoms with E-state index in [-0.39, 0.29) is 12.5 Å². The van der Waals surface area contributed by atoms with Gasteiger partial charge in [-0.25, -0.2) is 0 Å². The van der Waals surface area contributed by atoms with Crippen molar-refractivity contribution in [2.24, 2.45) is 5.73 Å². The molecule has 6 heteroatoms. The molecule has 0 fully saturated rings. The fourth-order valence-electron chi connectivity index (χ4n) is 1.67. The van der Waals surface area contributed by atoms with Gasteiger partial charge in [-0.05, 0) is 30.3 Å². The lowest BCUT2D eigenvalue weighted by molar-refractivity contribution is -0.684. The zero-order chi connectivity index (χ0) is 14.5. The summed E-state index contributed by atoms with van der Waals surface area (Å²) in [6.45, 7) is 0.0298. The first-order valence-electron chi connectivity index (χ1n) is 5.89. The van der Waals surface area contributed by atoms with Crippen molar-refractivity contribution in [1.29, 1.82) is 0 Å². The van der Waals surface area contributed by atoms with Gasteiger partial charge < -0.3 is 11.1 Å². The number of primary amides is 1. The lowest BCUT2D eigenvalue weighted by atomic mass is 10.2. The van der Waals surface area contributed by atoms with Gasteiger partial charge in [-0.15, -0.1) is 0 Å². The SMILES string of the molecule is NC(=O)C[n+]1cccc(C(=O)Nc2ccc(Cl)cc2)c1. The standard InChI is InChI=1S/C14H12ClN3O2/c15-11-3-5-12(6-4-11)17-14(20)10-2-1-7-18(8-10)9-13(16)19/h1-8H,9H2,(H2-,16,17,19,20)/p+1. The number of hydrogen-bond donors (Lipinski definition) is 2. The Bertz CT molecular complexity index is 641. The van der Waals surface area contributed by atoms with Gasteiger partial charge in [0.1, 0.15) is 5.56 Å². The van der Waals surface area contributed by atoms with Crippen LogP contribution in [-0.4, -0.2) is 11.8 Å². The Morgan fingerprint density at radius 1 is 1.20 bits per heavy atom. The third kappa shape index (κ3) is 3.80. The van der Waals surface area contributed by atoms with Gasteiger partial charge in [-0.2, -0.15) is 4.57 Å². The van der Waals surface area contributed by atoms with E-state index in [0.29, 0.717) is 16.3 Å². The van der Waals surface area contributed by atoms with Gasteiger partial charge in [-0.1, -0.05) is 11.6 Å². The van der Waals surface area contributed by atoms with Crippen molar-refractivity contribution in [1.82, 2.24) is 0 Å². The minimum Gasteiger partial charge on any atom is -0.364 e. The van der Waals surface area contributed by atoms with Crippen molar-refractivity contribution in [3.63, 3.8) is 0 Å². The predicted octanol–water partition coefficient (Wildman–Crippen LogP) is 1.37. The van der Waals surface area contributed by atoms with Gasteiger partial charge >= 0.3 is 0 Å². The highest BCUT2D eigenvalue weighted by Crippen LogP contribution is 2.14. The van der Waals surface area contributed by atoms with Crippen LogP contribution in [0.5, 0.6) is 0 Å². The number of nitrogens with zero attached hydrogens (tertiary/aromatic N) is 1. The molecular formula is C14H13ClN3O2+. The second-order valence-electron chi connectivity index (χ2n) is 4.19. The number of rotatable bonds is 4. The van der Waals surface area contributed by atoms with Crippen LogP contribution in [0.15, 0.2) is 48.8 Å². The van der Waals surface area contributed by atoms with Crippen LogP contribution in [0.4, 0.5) is 5.69 Å². The normalized spacial score (nSPS) is 10.1. The summed E-state index contributed by atoms with van der Waals surface area (Å²) in [6.07, 6.45) is 3.24. The Balaban J connectivity index is 2.12. The van der Waals surface area contributed by atoms with Gasteiger partial charge in [0.25, 0.3) is 11.8 Å². The van der Waals surface area contributed by atoms with E-state index in [9.17, 15) is 9.59 Å². The number of carbonyl (C=O) groups is 2. The van der Waals surface area contributed by atoms with Crippen molar-refractivity contribution in [3.05, 3.63) is 59.4 Å². The molecule has 0 unspecified atom stereocenters. The fraction of sp³-hybridized carbons (Fsp3) is 0.0714. The van der Waals surface area contributed by atoms with Gasteiger partial charge in [0, 0.05) is 16.8 Å². The summed E-state index contributed by atoms with van der Waals surface area (Å²) >= 11 is 5.77. The van der Waals surface area contributed by atoms with Crippen molar-refractivity contribution >= 4 is 29.1 Å². The molecule has 0 aliphatic rings. The molecule has 0 radical (unpaired) electrons. The number of amides is 2. The molecule has 0 aliphatic carbocycles. The maximum atomic E-state index is 12.1. The van der Waals surface area contributed by atoms with E-state index in [1.54, 1.807) is 53.4 Å². The molecule has 0 spiro atoms. The molecule has 1 aromatic carbocycles. The van der Waals surface area contributed by atoms with Crippen LogP contribution >= 0.6 is 11.6 Å². The monoisotopic (exact) mass is 290 g/mol. The molecule has 2 rings (SSSR count). The summed E-state index contributed by atoms with van der Waals surface area (Å²) < 4.78 is 1.55. The fourth-order valence-corrected chi connectivity index (χ4v) is 1.80. The van der Waals surface area contributed by atoms with Crippen LogP contribution in [0.3, 0.4) is 0 Å². The number of carbonyl (C=O) groups excluding carboxylic acids is 2. The van der Waals surface area contributed by atoms with Gasteiger partial charge in [0.05, 0.1) is 0 Å². The maximum Gasteiger partial charge on any atom is 0.283 e. The second kappa shape index (κ2) is 6.16. The molecule has 2 amide bonds. The van der Waals surface area contributed by atoms with Crippen LogP contribution in [0.2, 0.25) is 5.02 Å². The maximum absolute atomic E-state index is 12.1. The summed E-state index contributed by atoms with van der Waals surface area (Å²) in [7, 11) is 0. The number of aromatic nitrogens is 1. The average Bonchev–Trinajstić information content (AvgIpc) is 2.41. The number of nitrogens with two attached hydrogens (primary N) is 1. The van der Waals surface area contributed by atoms with Crippen LogP contribution < -0.4 is 15.6 Å². The molecule has 0 saturated heterocycles. The van der Waals surface area contributed by atoms with Gasteiger partial charge in [-0.3, -0.25) is 9.59 Å². The van der Waals surface area contributed by atoms with Crippen LogP contribution in [-0.2, 0) is 11.3 Å². The lowest BCUT2D eigenvalue weighted by Crippen LogP contribution is -2.41. The number of pyridine rings is 1. The van der Waals surface area contributed by atoms with Crippen molar-refractivity contribution in [3.8, 4) is 0 Å². The first kappa shape index (κ1) is 14.0. The zero-order valence-corrected chi connectivity index (χ0v) is 11.3. The van der Waals surface area contributed by atoms with E-state index in [1.165, 1.54) is 0 Å². The van der Waals surface area contributed by atoms with E-state index in [1.807, 2.05) is 0 Å².